The molecule has 0 saturated heterocycles. The summed E-state index contributed by atoms with van der Waals surface area (Å²) < 4.78 is 13.3. The zero-order valence-corrected chi connectivity index (χ0v) is 21.3. The van der Waals surface area contributed by atoms with E-state index >= 15 is 0 Å². The van der Waals surface area contributed by atoms with Crippen LogP contribution in [0, 0.1) is 0 Å². The third-order valence-electron chi connectivity index (χ3n) is 7.90. The lowest BCUT2D eigenvalue weighted by Gasteiger charge is -2.37. The van der Waals surface area contributed by atoms with E-state index in [0.29, 0.717) is 12.8 Å². The van der Waals surface area contributed by atoms with Gasteiger partial charge in [-0.05, 0) is 46.5 Å². The number of allylic oxidation sites excluding steroid dienone is 2. The van der Waals surface area contributed by atoms with Crippen LogP contribution in [0.4, 0.5) is 5.95 Å². The number of aromatic nitrogens is 2. The maximum atomic E-state index is 14.1. The summed E-state index contributed by atoms with van der Waals surface area (Å²) in [7, 11) is 3.30. The summed E-state index contributed by atoms with van der Waals surface area (Å²) in [5.74, 6) is 2.35. The average molecular weight is 502 g/mol. The van der Waals surface area contributed by atoms with Crippen molar-refractivity contribution >= 4 is 33.5 Å². The Hall–Kier alpha value is -4.58. The molecule has 1 N–H and O–H groups in total. The molecular weight excluding hydrogens is 474 g/mol. The minimum atomic E-state index is -0.272. The van der Waals surface area contributed by atoms with E-state index in [9.17, 15) is 4.79 Å². The molecule has 2 aliphatic rings. The molecule has 2 heterocycles. The summed E-state index contributed by atoms with van der Waals surface area (Å²) in [5, 5.41) is 5.87. The summed E-state index contributed by atoms with van der Waals surface area (Å²) in [6, 6.07) is 28.4. The van der Waals surface area contributed by atoms with Crippen LogP contribution in [0.25, 0.3) is 21.8 Å². The van der Waals surface area contributed by atoms with Gasteiger partial charge in [0.2, 0.25) is 5.95 Å². The summed E-state index contributed by atoms with van der Waals surface area (Å²) in [4.78, 5) is 19.1. The van der Waals surface area contributed by atoms with Crippen molar-refractivity contribution in [3.05, 3.63) is 107 Å². The smallest absolute Gasteiger partial charge is 0.209 e. The zero-order chi connectivity index (χ0) is 25.8. The second-order valence-corrected chi connectivity index (χ2v) is 9.92. The number of hydrogen-bond acceptors (Lipinski definition) is 5. The molecule has 188 valence electrons. The SMILES string of the molecule is COc1ccc(C2CC(=O)C3=C(C2)Nc2nc4ccccc4n2C3c2cccc3ccccc23)c(OC)c1. The molecule has 0 radical (unpaired) electrons. The van der Waals surface area contributed by atoms with Crippen LogP contribution in [0.2, 0.25) is 0 Å². The van der Waals surface area contributed by atoms with Gasteiger partial charge < -0.3 is 14.8 Å². The Labute approximate surface area is 220 Å². The van der Waals surface area contributed by atoms with Crippen molar-refractivity contribution < 1.29 is 14.3 Å². The summed E-state index contributed by atoms with van der Waals surface area (Å²) in [6.07, 6.45) is 1.10. The molecule has 2 unspecified atom stereocenters. The van der Waals surface area contributed by atoms with Crippen LogP contribution < -0.4 is 14.8 Å². The Balaban J connectivity index is 1.42. The minimum Gasteiger partial charge on any atom is -0.497 e. The van der Waals surface area contributed by atoms with Crippen LogP contribution in [0.3, 0.4) is 0 Å². The molecule has 6 nitrogen and oxygen atoms in total. The van der Waals surface area contributed by atoms with Crippen molar-refractivity contribution in [2.45, 2.75) is 24.8 Å². The topological polar surface area (TPSA) is 65.4 Å². The van der Waals surface area contributed by atoms with E-state index in [4.69, 9.17) is 14.5 Å². The second kappa shape index (κ2) is 8.77. The van der Waals surface area contributed by atoms with Crippen molar-refractivity contribution in [2.24, 2.45) is 0 Å². The summed E-state index contributed by atoms with van der Waals surface area (Å²) in [6.45, 7) is 0. The van der Waals surface area contributed by atoms with Crippen LogP contribution in [0.15, 0.2) is 96.2 Å². The van der Waals surface area contributed by atoms with Crippen LogP contribution in [0.1, 0.15) is 35.9 Å². The molecule has 1 aromatic heterocycles. The third kappa shape index (κ3) is 3.40. The van der Waals surface area contributed by atoms with Crippen molar-refractivity contribution in [1.82, 2.24) is 9.55 Å². The molecule has 5 aromatic rings. The number of ether oxygens (including phenoxy) is 2. The predicted molar refractivity (Wildman–Crippen MR) is 149 cm³/mol. The number of Topliss-reactive ketones (excluding diaryl/α,β-unsaturated/α-hetero) is 1. The van der Waals surface area contributed by atoms with Gasteiger partial charge in [0, 0.05) is 29.7 Å². The molecule has 0 saturated carbocycles. The van der Waals surface area contributed by atoms with E-state index in [1.165, 1.54) is 0 Å². The number of imidazole rings is 1. The highest BCUT2D eigenvalue weighted by atomic mass is 16.5. The number of benzene rings is 4. The Bertz CT molecular complexity index is 1760. The van der Waals surface area contributed by atoms with Gasteiger partial charge in [-0.15, -0.1) is 0 Å². The number of methoxy groups -OCH3 is 2. The number of carbonyl (C=O) groups excluding carboxylic acids is 1. The number of anilines is 1. The number of nitrogens with zero attached hydrogens (tertiary/aromatic N) is 2. The van der Waals surface area contributed by atoms with Crippen LogP contribution in [-0.2, 0) is 4.79 Å². The van der Waals surface area contributed by atoms with Gasteiger partial charge in [-0.1, -0.05) is 60.7 Å². The fourth-order valence-electron chi connectivity index (χ4n) is 6.18. The highest BCUT2D eigenvalue weighted by Crippen LogP contribution is 2.48. The first-order chi connectivity index (χ1) is 18.7. The van der Waals surface area contributed by atoms with E-state index in [2.05, 4.69) is 58.4 Å². The van der Waals surface area contributed by atoms with Crippen molar-refractivity contribution in [3.8, 4) is 11.5 Å². The van der Waals surface area contributed by atoms with E-state index in [-0.39, 0.29) is 17.7 Å². The quantitative estimate of drug-likeness (QED) is 0.300. The molecule has 2 atom stereocenters. The molecule has 0 amide bonds. The molecular formula is C32H27N3O3. The van der Waals surface area contributed by atoms with Gasteiger partial charge in [0.25, 0.3) is 0 Å². The molecule has 38 heavy (non-hydrogen) atoms. The summed E-state index contributed by atoms with van der Waals surface area (Å²) in [5.41, 5.74) is 5.78. The monoisotopic (exact) mass is 501 g/mol. The molecule has 0 spiro atoms. The first-order valence-corrected chi connectivity index (χ1v) is 12.9. The maximum Gasteiger partial charge on any atom is 0.209 e. The zero-order valence-electron chi connectivity index (χ0n) is 21.3. The Morgan fingerprint density at radius 3 is 2.55 bits per heavy atom. The summed E-state index contributed by atoms with van der Waals surface area (Å²) >= 11 is 0. The van der Waals surface area contributed by atoms with Crippen molar-refractivity contribution in [1.29, 1.82) is 0 Å². The minimum absolute atomic E-state index is 0.0151. The standard InChI is InChI=1S/C32H27N3O3/c1-37-21-14-15-23(29(18-21)38-2)20-16-26-30(28(36)17-20)31(24-11-7-9-19-8-3-4-10-22(19)24)35-27-13-6-5-12-25(27)33-32(35)34-26/h3-15,18,20,31H,16-17H2,1-2H3,(H,33,34). The van der Waals surface area contributed by atoms with E-state index in [1.807, 2.05) is 36.4 Å². The molecule has 0 bridgehead atoms. The van der Waals surface area contributed by atoms with Gasteiger partial charge in [0.1, 0.15) is 11.5 Å². The normalized spacial score (nSPS) is 18.7. The first-order valence-electron chi connectivity index (χ1n) is 12.9. The largest absolute Gasteiger partial charge is 0.497 e. The van der Waals surface area contributed by atoms with Gasteiger partial charge in [0.05, 0.1) is 31.3 Å². The first kappa shape index (κ1) is 22.6. The number of fused-ring (bicyclic) bond motifs is 4. The van der Waals surface area contributed by atoms with Gasteiger partial charge in [-0.3, -0.25) is 9.36 Å². The van der Waals surface area contributed by atoms with Crippen LogP contribution in [0.5, 0.6) is 11.5 Å². The molecule has 1 aliphatic carbocycles. The Kier molecular flexibility index (Phi) is 5.22. The number of rotatable bonds is 4. The van der Waals surface area contributed by atoms with Crippen LogP contribution >= 0.6 is 0 Å². The van der Waals surface area contributed by atoms with E-state index in [1.54, 1.807) is 14.2 Å². The van der Waals surface area contributed by atoms with Gasteiger partial charge >= 0.3 is 0 Å². The predicted octanol–water partition coefficient (Wildman–Crippen LogP) is 6.62. The van der Waals surface area contributed by atoms with E-state index < -0.39 is 0 Å². The average Bonchev–Trinajstić information content (AvgIpc) is 3.33. The number of nitrogens with one attached hydrogen (secondary N) is 1. The molecule has 7 rings (SSSR count). The highest BCUT2D eigenvalue weighted by Gasteiger charge is 2.40. The Morgan fingerprint density at radius 1 is 0.868 bits per heavy atom. The molecule has 4 aromatic carbocycles. The fourth-order valence-corrected chi connectivity index (χ4v) is 6.18. The van der Waals surface area contributed by atoms with E-state index in [0.717, 1.165) is 61.7 Å². The fraction of sp³-hybridized carbons (Fsp3) is 0.188. The van der Waals surface area contributed by atoms with Gasteiger partial charge in [0.15, 0.2) is 5.78 Å². The van der Waals surface area contributed by atoms with Crippen molar-refractivity contribution in [3.63, 3.8) is 0 Å². The Morgan fingerprint density at radius 2 is 1.68 bits per heavy atom. The number of carbonyl (C=O) groups is 1. The molecule has 6 heteroatoms. The van der Waals surface area contributed by atoms with Gasteiger partial charge in [-0.2, -0.15) is 0 Å². The van der Waals surface area contributed by atoms with Crippen LogP contribution in [-0.4, -0.2) is 29.6 Å². The second-order valence-electron chi connectivity index (χ2n) is 9.92. The lowest BCUT2D eigenvalue weighted by Crippen LogP contribution is -2.33. The lowest BCUT2D eigenvalue weighted by atomic mass is 9.77. The molecule has 0 fully saturated rings. The van der Waals surface area contributed by atoms with Crippen molar-refractivity contribution in [2.75, 3.05) is 19.5 Å². The molecule has 1 aliphatic heterocycles. The lowest BCUT2D eigenvalue weighted by molar-refractivity contribution is -0.116. The number of hydrogen-bond donors (Lipinski definition) is 1. The maximum absolute atomic E-state index is 14.1. The number of ketones is 1. The third-order valence-corrected chi connectivity index (χ3v) is 7.90. The highest BCUT2D eigenvalue weighted by molar-refractivity contribution is 6.02. The van der Waals surface area contributed by atoms with Gasteiger partial charge in [-0.25, -0.2) is 4.98 Å². The number of para-hydroxylation sites is 2.